The lowest BCUT2D eigenvalue weighted by atomic mass is 10.2. The van der Waals surface area contributed by atoms with Crippen molar-refractivity contribution in [2.75, 3.05) is 11.4 Å². The molecule has 1 aromatic carbocycles. The maximum atomic E-state index is 11.7. The van der Waals surface area contributed by atoms with Gasteiger partial charge in [-0.1, -0.05) is 15.9 Å². The lowest BCUT2D eigenvalue weighted by Gasteiger charge is -2.18. The number of benzene rings is 1. The van der Waals surface area contributed by atoms with Gasteiger partial charge in [0.05, 0.1) is 6.04 Å². The number of rotatable bonds is 1. The molecule has 1 aromatic rings. The maximum absolute atomic E-state index is 11.7. The van der Waals surface area contributed by atoms with E-state index >= 15 is 0 Å². The third-order valence-corrected chi connectivity index (χ3v) is 3.19. The predicted octanol–water partition coefficient (Wildman–Crippen LogP) is 1.82. The van der Waals surface area contributed by atoms with E-state index in [2.05, 4.69) is 15.9 Å². The predicted molar refractivity (Wildman–Crippen MR) is 63.8 cm³/mol. The topological polar surface area (TPSA) is 46.3 Å². The number of anilines is 1. The summed E-state index contributed by atoms with van der Waals surface area (Å²) in [6.07, 6.45) is 0.744. The SMILES string of the molecule is Cc1cc(Br)ccc1N1CCC(N)C1=O. The molecule has 1 amide bonds. The molecule has 0 spiro atoms. The van der Waals surface area contributed by atoms with E-state index < -0.39 is 0 Å². The Morgan fingerprint density at radius 3 is 2.80 bits per heavy atom. The van der Waals surface area contributed by atoms with Gasteiger partial charge in [-0.3, -0.25) is 4.79 Å². The minimum absolute atomic E-state index is 0.0282. The van der Waals surface area contributed by atoms with Crippen LogP contribution in [0.15, 0.2) is 22.7 Å². The van der Waals surface area contributed by atoms with Crippen LogP contribution in [0, 0.1) is 6.92 Å². The number of halogens is 1. The van der Waals surface area contributed by atoms with E-state index in [0.717, 1.165) is 28.7 Å². The van der Waals surface area contributed by atoms with Crippen LogP contribution >= 0.6 is 15.9 Å². The van der Waals surface area contributed by atoms with Gasteiger partial charge in [-0.2, -0.15) is 0 Å². The maximum Gasteiger partial charge on any atom is 0.243 e. The van der Waals surface area contributed by atoms with E-state index in [1.807, 2.05) is 25.1 Å². The van der Waals surface area contributed by atoms with Crippen molar-refractivity contribution in [3.05, 3.63) is 28.2 Å². The highest BCUT2D eigenvalue weighted by Crippen LogP contribution is 2.27. The van der Waals surface area contributed by atoms with Crippen LogP contribution in [0.5, 0.6) is 0 Å². The van der Waals surface area contributed by atoms with E-state index in [-0.39, 0.29) is 11.9 Å². The highest BCUT2D eigenvalue weighted by atomic mass is 79.9. The number of carbonyl (C=O) groups excluding carboxylic acids is 1. The smallest absolute Gasteiger partial charge is 0.243 e. The van der Waals surface area contributed by atoms with Gasteiger partial charge in [0.1, 0.15) is 0 Å². The van der Waals surface area contributed by atoms with Crippen LogP contribution < -0.4 is 10.6 Å². The standard InChI is InChI=1S/C11H13BrN2O/c1-7-6-8(12)2-3-10(7)14-5-4-9(13)11(14)15/h2-3,6,9H,4-5,13H2,1H3. The van der Waals surface area contributed by atoms with Crippen LogP contribution in [0.4, 0.5) is 5.69 Å². The van der Waals surface area contributed by atoms with Gasteiger partial charge in [0.25, 0.3) is 0 Å². The van der Waals surface area contributed by atoms with Gasteiger partial charge in [-0.25, -0.2) is 0 Å². The minimum Gasteiger partial charge on any atom is -0.320 e. The number of amides is 1. The van der Waals surface area contributed by atoms with Crippen LogP contribution in [-0.2, 0) is 4.79 Å². The second-order valence-electron chi connectivity index (χ2n) is 3.82. The second kappa shape index (κ2) is 3.94. The molecular formula is C11H13BrN2O. The van der Waals surface area contributed by atoms with Crippen molar-refractivity contribution in [2.24, 2.45) is 5.73 Å². The van der Waals surface area contributed by atoms with E-state index in [1.54, 1.807) is 4.90 Å². The fourth-order valence-corrected chi connectivity index (χ4v) is 2.34. The zero-order valence-electron chi connectivity index (χ0n) is 8.53. The molecule has 0 aliphatic carbocycles. The van der Waals surface area contributed by atoms with Gasteiger partial charge >= 0.3 is 0 Å². The van der Waals surface area contributed by atoms with E-state index in [0.29, 0.717) is 0 Å². The van der Waals surface area contributed by atoms with Gasteiger partial charge in [0.2, 0.25) is 5.91 Å². The molecule has 0 aromatic heterocycles. The van der Waals surface area contributed by atoms with Gasteiger partial charge in [0.15, 0.2) is 0 Å². The van der Waals surface area contributed by atoms with Crippen LogP contribution in [0.25, 0.3) is 0 Å². The Balaban J connectivity index is 2.34. The molecule has 0 bridgehead atoms. The van der Waals surface area contributed by atoms with Crippen molar-refractivity contribution >= 4 is 27.5 Å². The number of nitrogens with two attached hydrogens (primary N) is 1. The highest BCUT2D eigenvalue weighted by Gasteiger charge is 2.30. The summed E-state index contributed by atoms with van der Waals surface area (Å²) in [6, 6.07) is 5.58. The lowest BCUT2D eigenvalue weighted by molar-refractivity contribution is -0.118. The van der Waals surface area contributed by atoms with Crippen molar-refractivity contribution < 1.29 is 4.79 Å². The van der Waals surface area contributed by atoms with Crippen molar-refractivity contribution in [3.63, 3.8) is 0 Å². The largest absolute Gasteiger partial charge is 0.320 e. The molecule has 1 aliphatic heterocycles. The summed E-state index contributed by atoms with van der Waals surface area (Å²) in [5.41, 5.74) is 7.74. The van der Waals surface area contributed by atoms with E-state index in [1.165, 1.54) is 0 Å². The first-order valence-electron chi connectivity index (χ1n) is 4.92. The van der Waals surface area contributed by atoms with Crippen molar-refractivity contribution in [1.29, 1.82) is 0 Å². The Bertz CT molecular complexity index is 406. The third-order valence-electron chi connectivity index (χ3n) is 2.70. The van der Waals surface area contributed by atoms with Crippen molar-refractivity contribution in [1.82, 2.24) is 0 Å². The van der Waals surface area contributed by atoms with Crippen molar-refractivity contribution in [2.45, 2.75) is 19.4 Å². The fourth-order valence-electron chi connectivity index (χ4n) is 1.86. The zero-order chi connectivity index (χ0) is 11.0. The Labute approximate surface area is 97.4 Å². The average molecular weight is 269 g/mol. The highest BCUT2D eigenvalue weighted by molar-refractivity contribution is 9.10. The molecule has 3 nitrogen and oxygen atoms in total. The molecule has 4 heteroatoms. The zero-order valence-corrected chi connectivity index (χ0v) is 10.1. The molecule has 1 saturated heterocycles. The summed E-state index contributed by atoms with van der Waals surface area (Å²) in [7, 11) is 0. The normalized spacial score (nSPS) is 21.1. The quantitative estimate of drug-likeness (QED) is 0.845. The molecule has 80 valence electrons. The molecule has 1 aliphatic rings. The Kier molecular flexibility index (Phi) is 2.80. The van der Waals surface area contributed by atoms with E-state index in [4.69, 9.17) is 5.73 Å². The summed E-state index contributed by atoms with van der Waals surface area (Å²) >= 11 is 3.40. The van der Waals surface area contributed by atoms with Crippen LogP contribution in [0.3, 0.4) is 0 Å². The van der Waals surface area contributed by atoms with Gasteiger partial charge in [-0.05, 0) is 37.1 Å². The summed E-state index contributed by atoms with van der Waals surface area (Å²) in [6.45, 7) is 2.72. The lowest BCUT2D eigenvalue weighted by Crippen LogP contribution is -2.34. The van der Waals surface area contributed by atoms with E-state index in [9.17, 15) is 4.79 Å². The summed E-state index contributed by atoms with van der Waals surface area (Å²) in [5, 5.41) is 0. The van der Waals surface area contributed by atoms with Crippen LogP contribution in [0.2, 0.25) is 0 Å². The molecule has 15 heavy (non-hydrogen) atoms. The first-order valence-corrected chi connectivity index (χ1v) is 5.72. The summed E-state index contributed by atoms with van der Waals surface area (Å²) < 4.78 is 1.03. The first kappa shape index (κ1) is 10.6. The van der Waals surface area contributed by atoms with Crippen molar-refractivity contribution in [3.8, 4) is 0 Å². The number of aryl methyl sites for hydroxylation is 1. The fraction of sp³-hybridized carbons (Fsp3) is 0.364. The molecular weight excluding hydrogens is 256 g/mol. The number of carbonyl (C=O) groups is 1. The molecule has 2 rings (SSSR count). The Morgan fingerprint density at radius 1 is 1.53 bits per heavy atom. The monoisotopic (exact) mass is 268 g/mol. The average Bonchev–Trinajstić information content (AvgIpc) is 2.49. The Morgan fingerprint density at radius 2 is 2.27 bits per heavy atom. The molecule has 1 atom stereocenters. The molecule has 2 N–H and O–H groups in total. The molecule has 0 saturated carbocycles. The molecule has 1 fully saturated rings. The first-order chi connectivity index (χ1) is 7.09. The van der Waals surface area contributed by atoms with Gasteiger partial charge in [0, 0.05) is 16.7 Å². The van der Waals surface area contributed by atoms with Crippen LogP contribution in [0.1, 0.15) is 12.0 Å². The number of nitrogens with zero attached hydrogens (tertiary/aromatic N) is 1. The summed E-state index contributed by atoms with van der Waals surface area (Å²) in [5.74, 6) is 0.0282. The Hall–Kier alpha value is -0.870. The number of hydrogen-bond donors (Lipinski definition) is 1. The van der Waals surface area contributed by atoms with Crippen LogP contribution in [-0.4, -0.2) is 18.5 Å². The molecule has 1 unspecified atom stereocenters. The molecule has 0 radical (unpaired) electrons. The molecule has 1 heterocycles. The second-order valence-corrected chi connectivity index (χ2v) is 4.73. The minimum atomic E-state index is -0.326. The van der Waals surface area contributed by atoms with Gasteiger partial charge < -0.3 is 10.6 Å². The summed E-state index contributed by atoms with van der Waals surface area (Å²) in [4.78, 5) is 13.5. The van der Waals surface area contributed by atoms with Gasteiger partial charge in [-0.15, -0.1) is 0 Å². The third kappa shape index (κ3) is 1.92. The number of hydrogen-bond acceptors (Lipinski definition) is 2.